The Balaban J connectivity index is 1.67. The fourth-order valence-corrected chi connectivity index (χ4v) is 4.89. The summed E-state index contributed by atoms with van der Waals surface area (Å²) < 4.78 is 73.5. The van der Waals surface area contributed by atoms with Crippen LogP contribution in [0.5, 0.6) is 0 Å². The number of hydrogen-bond acceptors (Lipinski definition) is 6. The van der Waals surface area contributed by atoms with Gasteiger partial charge in [-0.25, -0.2) is 13.8 Å². The van der Waals surface area contributed by atoms with Gasteiger partial charge in [0.05, 0.1) is 24.3 Å². The van der Waals surface area contributed by atoms with Crippen molar-refractivity contribution >= 4 is 17.4 Å². The molecule has 1 aromatic heterocycles. The molecular formula is C25H29F5N4O3. The predicted molar refractivity (Wildman–Crippen MR) is 126 cm³/mol. The van der Waals surface area contributed by atoms with Crippen molar-refractivity contribution in [3.05, 3.63) is 53.2 Å². The summed E-state index contributed by atoms with van der Waals surface area (Å²) >= 11 is 0. The first-order valence-corrected chi connectivity index (χ1v) is 12.1. The molecule has 1 aromatic carbocycles. The second-order valence-corrected chi connectivity index (χ2v) is 9.34. The molecule has 3 heterocycles. The number of amides is 1. The number of carbonyl (C=O) groups is 1. The van der Waals surface area contributed by atoms with E-state index in [1.165, 1.54) is 22.8 Å². The molecule has 2 fully saturated rings. The van der Waals surface area contributed by atoms with Gasteiger partial charge in [-0.2, -0.15) is 13.2 Å². The molecule has 0 radical (unpaired) electrons. The van der Waals surface area contributed by atoms with Crippen molar-refractivity contribution in [2.45, 2.75) is 57.1 Å². The van der Waals surface area contributed by atoms with Gasteiger partial charge in [0.15, 0.2) is 11.6 Å². The Labute approximate surface area is 211 Å². The van der Waals surface area contributed by atoms with Crippen LogP contribution >= 0.6 is 0 Å². The van der Waals surface area contributed by atoms with E-state index in [1.807, 2.05) is 0 Å². The first kappa shape index (κ1) is 27.2. The average molecular weight is 529 g/mol. The third kappa shape index (κ3) is 6.02. The number of benzene rings is 1. The first-order chi connectivity index (χ1) is 17.5. The molecule has 4 atom stereocenters. The SMILES string of the molecule is CCN(C(=O)C1CC(N[C@@H]2COCC[C@H]2O)CN1c1cc(C(F)(F)F)cc(C)n1)c1ccc(F)c(F)c1. The van der Waals surface area contributed by atoms with Crippen molar-refractivity contribution in [2.75, 3.05) is 36.1 Å². The molecule has 37 heavy (non-hydrogen) atoms. The number of aliphatic hydroxyl groups is 1. The maximum atomic E-state index is 13.9. The molecule has 2 aliphatic rings. The number of aryl methyl sites for hydroxylation is 1. The van der Waals surface area contributed by atoms with Crippen molar-refractivity contribution in [3.63, 3.8) is 0 Å². The summed E-state index contributed by atoms with van der Waals surface area (Å²) in [6.07, 6.45) is -4.64. The van der Waals surface area contributed by atoms with E-state index in [4.69, 9.17) is 4.74 Å². The number of nitrogens with one attached hydrogen (secondary N) is 1. The lowest BCUT2D eigenvalue weighted by molar-refractivity contribution is -0.137. The molecule has 2 aromatic rings. The lowest BCUT2D eigenvalue weighted by Crippen LogP contribution is -2.51. The molecule has 7 nitrogen and oxygen atoms in total. The highest BCUT2D eigenvalue weighted by Crippen LogP contribution is 2.34. The van der Waals surface area contributed by atoms with Crippen LogP contribution in [-0.2, 0) is 15.7 Å². The zero-order valence-electron chi connectivity index (χ0n) is 20.4. The molecule has 0 spiro atoms. The Morgan fingerprint density at radius 3 is 2.65 bits per heavy atom. The number of rotatable bonds is 6. The highest BCUT2D eigenvalue weighted by atomic mass is 19.4. The van der Waals surface area contributed by atoms with Crippen LogP contribution in [0.1, 0.15) is 31.0 Å². The van der Waals surface area contributed by atoms with Gasteiger partial charge in [-0.3, -0.25) is 4.79 Å². The minimum atomic E-state index is -4.61. The monoisotopic (exact) mass is 528 g/mol. The van der Waals surface area contributed by atoms with Crippen LogP contribution in [-0.4, -0.2) is 66.5 Å². The summed E-state index contributed by atoms with van der Waals surface area (Å²) in [5.41, 5.74) is -0.620. The van der Waals surface area contributed by atoms with Crippen LogP contribution in [0.2, 0.25) is 0 Å². The summed E-state index contributed by atoms with van der Waals surface area (Å²) in [4.78, 5) is 20.8. The van der Waals surface area contributed by atoms with Gasteiger partial charge >= 0.3 is 6.18 Å². The molecule has 2 unspecified atom stereocenters. The van der Waals surface area contributed by atoms with Gasteiger partial charge in [0.1, 0.15) is 11.9 Å². The number of carbonyl (C=O) groups excluding carboxylic acids is 1. The number of hydrogen-bond donors (Lipinski definition) is 2. The number of aromatic nitrogens is 1. The lowest BCUT2D eigenvalue weighted by atomic mass is 10.0. The van der Waals surface area contributed by atoms with Crippen molar-refractivity contribution < 1.29 is 36.6 Å². The van der Waals surface area contributed by atoms with E-state index in [-0.39, 0.29) is 49.4 Å². The van der Waals surface area contributed by atoms with Crippen molar-refractivity contribution in [1.82, 2.24) is 10.3 Å². The number of pyridine rings is 1. The van der Waals surface area contributed by atoms with Gasteiger partial charge in [0, 0.05) is 43.2 Å². The molecule has 0 bridgehead atoms. The maximum Gasteiger partial charge on any atom is 0.416 e. The zero-order valence-corrected chi connectivity index (χ0v) is 20.4. The number of likely N-dealkylation sites (N-methyl/N-ethyl adjacent to an activating group) is 1. The van der Waals surface area contributed by atoms with Crippen LogP contribution < -0.4 is 15.1 Å². The number of anilines is 2. The number of ether oxygens (including phenoxy) is 1. The van der Waals surface area contributed by atoms with Crippen LogP contribution in [0.3, 0.4) is 0 Å². The minimum absolute atomic E-state index is 0.0169. The summed E-state index contributed by atoms with van der Waals surface area (Å²) in [6.45, 7) is 4.05. The van der Waals surface area contributed by atoms with Crippen LogP contribution in [0.15, 0.2) is 30.3 Å². The van der Waals surface area contributed by atoms with Crippen molar-refractivity contribution in [3.8, 4) is 0 Å². The lowest BCUT2D eigenvalue weighted by Gasteiger charge is -2.31. The molecule has 2 aliphatic heterocycles. The largest absolute Gasteiger partial charge is 0.416 e. The van der Waals surface area contributed by atoms with Gasteiger partial charge in [-0.05, 0) is 51.0 Å². The standard InChI is InChI=1S/C25H29F5N4O3/c1-3-33(17-4-5-18(26)19(27)11-17)24(36)21-10-16(32-20-13-37-7-6-22(20)35)12-34(21)23-9-15(25(28,29)30)8-14(2)31-23/h4-5,8-9,11,16,20-22,32,35H,3,6-7,10,12-13H2,1-2H3/t16?,20-,21?,22-/m1/s1. The van der Waals surface area contributed by atoms with Gasteiger partial charge < -0.3 is 25.0 Å². The van der Waals surface area contributed by atoms with Gasteiger partial charge in [0.2, 0.25) is 5.91 Å². The Morgan fingerprint density at radius 2 is 2.00 bits per heavy atom. The van der Waals surface area contributed by atoms with Crippen LogP contribution in [0.25, 0.3) is 0 Å². The molecule has 0 aliphatic carbocycles. The Kier molecular flexibility index (Phi) is 8.00. The Hall–Kier alpha value is -2.83. The average Bonchev–Trinajstić information content (AvgIpc) is 3.26. The Bertz CT molecular complexity index is 1130. The van der Waals surface area contributed by atoms with Gasteiger partial charge in [0.25, 0.3) is 0 Å². The van der Waals surface area contributed by atoms with Crippen LogP contribution in [0, 0.1) is 18.6 Å². The Morgan fingerprint density at radius 1 is 1.24 bits per heavy atom. The smallest absolute Gasteiger partial charge is 0.391 e. The minimum Gasteiger partial charge on any atom is -0.391 e. The molecule has 12 heteroatoms. The summed E-state index contributed by atoms with van der Waals surface area (Å²) in [5, 5.41) is 13.6. The topological polar surface area (TPSA) is 77.9 Å². The first-order valence-electron chi connectivity index (χ1n) is 12.1. The molecule has 1 amide bonds. The third-order valence-electron chi connectivity index (χ3n) is 6.71. The van der Waals surface area contributed by atoms with Crippen molar-refractivity contribution in [2.24, 2.45) is 0 Å². The second kappa shape index (κ2) is 10.9. The van der Waals surface area contributed by atoms with E-state index in [1.54, 1.807) is 6.92 Å². The van der Waals surface area contributed by atoms with E-state index < -0.39 is 47.5 Å². The quantitative estimate of drug-likeness (QED) is 0.560. The fraction of sp³-hybridized carbons (Fsp3) is 0.520. The highest BCUT2D eigenvalue weighted by molar-refractivity contribution is 5.99. The van der Waals surface area contributed by atoms with Gasteiger partial charge in [-0.15, -0.1) is 0 Å². The third-order valence-corrected chi connectivity index (χ3v) is 6.71. The van der Waals surface area contributed by atoms with E-state index >= 15 is 0 Å². The van der Waals surface area contributed by atoms with Crippen LogP contribution in [0.4, 0.5) is 33.5 Å². The zero-order chi connectivity index (χ0) is 26.9. The highest BCUT2D eigenvalue weighted by Gasteiger charge is 2.42. The van der Waals surface area contributed by atoms with Crippen molar-refractivity contribution in [1.29, 1.82) is 0 Å². The number of nitrogens with zero attached hydrogens (tertiary/aromatic N) is 3. The summed E-state index contributed by atoms with van der Waals surface area (Å²) in [7, 11) is 0. The molecule has 0 saturated carbocycles. The molecular weight excluding hydrogens is 499 g/mol. The second-order valence-electron chi connectivity index (χ2n) is 9.34. The molecule has 2 saturated heterocycles. The van der Waals surface area contributed by atoms with E-state index in [9.17, 15) is 31.9 Å². The van der Waals surface area contributed by atoms with E-state index in [0.717, 1.165) is 24.3 Å². The number of alkyl halides is 3. The normalized spacial score (nSPS) is 24.4. The molecule has 2 N–H and O–H groups in total. The number of halogens is 5. The maximum absolute atomic E-state index is 13.9. The van der Waals surface area contributed by atoms with Gasteiger partial charge in [-0.1, -0.05) is 0 Å². The summed E-state index contributed by atoms with van der Waals surface area (Å²) in [5.74, 6) is -2.68. The predicted octanol–water partition coefficient (Wildman–Crippen LogP) is 3.43. The number of aliphatic hydroxyl groups excluding tert-OH is 1. The molecule has 4 rings (SSSR count). The molecule has 202 valence electrons. The van der Waals surface area contributed by atoms with E-state index in [0.29, 0.717) is 13.0 Å². The summed E-state index contributed by atoms with van der Waals surface area (Å²) in [6, 6.07) is 3.21. The fourth-order valence-electron chi connectivity index (χ4n) is 4.89. The van der Waals surface area contributed by atoms with E-state index in [2.05, 4.69) is 10.3 Å².